The van der Waals surface area contributed by atoms with Crippen LogP contribution in [0.3, 0.4) is 0 Å². The number of methoxy groups -OCH3 is 1. The zero-order valence-electron chi connectivity index (χ0n) is 20.9. The molecule has 1 atom stereocenters. The molecule has 0 radical (unpaired) electrons. The van der Waals surface area contributed by atoms with Gasteiger partial charge in [0.1, 0.15) is 0 Å². The van der Waals surface area contributed by atoms with Crippen molar-refractivity contribution in [1.29, 1.82) is 0 Å². The lowest BCUT2D eigenvalue weighted by molar-refractivity contribution is 0.0551. The van der Waals surface area contributed by atoms with E-state index in [1.165, 1.54) is 0 Å². The molecule has 1 aliphatic heterocycles. The maximum Gasteiger partial charge on any atom is 0.254 e. The Hall–Kier alpha value is -3.39. The van der Waals surface area contributed by atoms with E-state index in [0.717, 1.165) is 25.1 Å². The van der Waals surface area contributed by atoms with E-state index in [0.29, 0.717) is 54.4 Å². The number of carbonyl (C=O) groups is 1. The smallest absolute Gasteiger partial charge is 0.254 e. The predicted octanol–water partition coefficient (Wildman–Crippen LogP) is 4.69. The molecular formula is C27H34N4O4. The van der Waals surface area contributed by atoms with Gasteiger partial charge in [-0.1, -0.05) is 49.3 Å². The summed E-state index contributed by atoms with van der Waals surface area (Å²) >= 11 is 0. The fourth-order valence-electron chi connectivity index (χ4n) is 4.08. The van der Waals surface area contributed by atoms with E-state index in [1.807, 2.05) is 47.4 Å². The first kappa shape index (κ1) is 24.7. The molecule has 0 saturated carbocycles. The first-order valence-corrected chi connectivity index (χ1v) is 12.2. The standard InChI is InChI=1S/C27H34N4O4/c1-19(2)12-17-34-23-11-10-22(18-24(23)33-4)27(32)31-15-13-30(14-16-31)20(3)26-28-25(29-35-26)21-8-6-5-7-9-21/h5-11,18-20H,12-17H2,1-4H3. The average molecular weight is 479 g/mol. The number of rotatable bonds is 9. The average Bonchev–Trinajstić information content (AvgIpc) is 3.39. The van der Waals surface area contributed by atoms with Crippen molar-refractivity contribution in [2.45, 2.75) is 33.2 Å². The number of carbonyl (C=O) groups excluding carboxylic acids is 1. The van der Waals surface area contributed by atoms with Gasteiger partial charge in [0, 0.05) is 37.3 Å². The Bertz CT molecular complexity index is 1110. The number of ether oxygens (including phenoxy) is 2. The molecule has 2 heterocycles. The van der Waals surface area contributed by atoms with Gasteiger partial charge in [0.15, 0.2) is 11.5 Å². The van der Waals surface area contributed by atoms with Gasteiger partial charge in [-0.3, -0.25) is 9.69 Å². The minimum Gasteiger partial charge on any atom is -0.493 e. The third-order valence-electron chi connectivity index (χ3n) is 6.34. The molecule has 1 aliphatic rings. The lowest BCUT2D eigenvalue weighted by atomic mass is 10.1. The summed E-state index contributed by atoms with van der Waals surface area (Å²) in [7, 11) is 1.60. The Labute approximate surface area is 206 Å². The van der Waals surface area contributed by atoms with Gasteiger partial charge >= 0.3 is 0 Å². The molecule has 1 unspecified atom stereocenters. The van der Waals surface area contributed by atoms with Gasteiger partial charge in [-0.25, -0.2) is 0 Å². The van der Waals surface area contributed by atoms with Gasteiger partial charge in [0.25, 0.3) is 5.91 Å². The normalized spacial score (nSPS) is 15.3. The summed E-state index contributed by atoms with van der Waals surface area (Å²) in [6, 6.07) is 15.2. The minimum atomic E-state index is -0.0282. The van der Waals surface area contributed by atoms with E-state index in [9.17, 15) is 4.79 Å². The summed E-state index contributed by atoms with van der Waals surface area (Å²) in [5, 5.41) is 4.14. The van der Waals surface area contributed by atoms with Gasteiger partial charge in [-0.05, 0) is 37.5 Å². The molecule has 35 heavy (non-hydrogen) atoms. The van der Waals surface area contributed by atoms with Crippen LogP contribution in [0, 0.1) is 5.92 Å². The van der Waals surface area contributed by atoms with E-state index < -0.39 is 0 Å². The molecule has 0 N–H and O–H groups in total. The van der Waals surface area contributed by atoms with Crippen molar-refractivity contribution in [3.05, 3.63) is 60.0 Å². The third-order valence-corrected chi connectivity index (χ3v) is 6.34. The molecule has 0 bridgehead atoms. The highest BCUT2D eigenvalue weighted by molar-refractivity contribution is 5.95. The quantitative estimate of drug-likeness (QED) is 0.441. The number of hydrogen-bond acceptors (Lipinski definition) is 7. The number of piperazine rings is 1. The summed E-state index contributed by atoms with van der Waals surface area (Å²) < 4.78 is 16.9. The van der Waals surface area contributed by atoms with Crippen molar-refractivity contribution < 1.29 is 18.8 Å². The summed E-state index contributed by atoms with van der Waals surface area (Å²) in [5.41, 5.74) is 1.53. The minimum absolute atomic E-state index is 0.00603. The van der Waals surface area contributed by atoms with Crippen LogP contribution in [-0.4, -0.2) is 65.7 Å². The Kier molecular flexibility index (Phi) is 8.02. The zero-order chi connectivity index (χ0) is 24.8. The number of hydrogen-bond donors (Lipinski definition) is 0. The van der Waals surface area contributed by atoms with Crippen LogP contribution in [0.15, 0.2) is 53.1 Å². The molecule has 4 rings (SSSR count). The van der Waals surface area contributed by atoms with Crippen molar-refractivity contribution >= 4 is 5.91 Å². The zero-order valence-corrected chi connectivity index (χ0v) is 20.9. The number of benzene rings is 2. The second-order valence-corrected chi connectivity index (χ2v) is 9.22. The van der Waals surface area contributed by atoms with Crippen molar-refractivity contribution in [3.8, 4) is 22.9 Å². The van der Waals surface area contributed by atoms with Crippen molar-refractivity contribution in [2.75, 3.05) is 39.9 Å². The number of amides is 1. The van der Waals surface area contributed by atoms with E-state index in [2.05, 4.69) is 35.8 Å². The first-order chi connectivity index (χ1) is 17.0. The summed E-state index contributed by atoms with van der Waals surface area (Å²) in [4.78, 5) is 21.9. The molecule has 0 aliphatic carbocycles. The van der Waals surface area contributed by atoms with Crippen LogP contribution in [0.2, 0.25) is 0 Å². The fraction of sp³-hybridized carbons (Fsp3) is 0.444. The third kappa shape index (κ3) is 6.00. The Morgan fingerprint density at radius 2 is 1.77 bits per heavy atom. The van der Waals surface area contributed by atoms with Gasteiger partial charge < -0.3 is 18.9 Å². The lowest BCUT2D eigenvalue weighted by Gasteiger charge is -2.36. The Morgan fingerprint density at radius 1 is 1.03 bits per heavy atom. The molecule has 186 valence electrons. The van der Waals surface area contributed by atoms with Crippen molar-refractivity contribution in [1.82, 2.24) is 19.9 Å². The summed E-state index contributed by atoms with van der Waals surface area (Å²) in [6.07, 6.45) is 0.962. The highest BCUT2D eigenvalue weighted by atomic mass is 16.5. The number of nitrogens with zero attached hydrogens (tertiary/aromatic N) is 4. The van der Waals surface area contributed by atoms with E-state index >= 15 is 0 Å². The SMILES string of the molecule is COc1cc(C(=O)N2CCN(C(C)c3nc(-c4ccccc4)no3)CC2)ccc1OCCC(C)C. The predicted molar refractivity (Wildman–Crippen MR) is 134 cm³/mol. The number of aromatic nitrogens is 2. The molecule has 1 aromatic heterocycles. The molecule has 2 aromatic carbocycles. The van der Waals surface area contributed by atoms with Crippen LogP contribution in [0.25, 0.3) is 11.4 Å². The first-order valence-electron chi connectivity index (χ1n) is 12.2. The maximum absolute atomic E-state index is 13.2. The molecular weight excluding hydrogens is 444 g/mol. The second kappa shape index (κ2) is 11.4. The molecule has 1 amide bonds. The maximum atomic E-state index is 13.2. The van der Waals surface area contributed by atoms with Crippen LogP contribution in [0.1, 0.15) is 49.5 Å². The van der Waals surface area contributed by atoms with E-state index in [1.54, 1.807) is 13.2 Å². The van der Waals surface area contributed by atoms with E-state index in [4.69, 9.17) is 14.0 Å². The fourth-order valence-corrected chi connectivity index (χ4v) is 4.08. The van der Waals surface area contributed by atoms with Gasteiger partial charge in [-0.15, -0.1) is 0 Å². The largest absolute Gasteiger partial charge is 0.493 e. The Morgan fingerprint density at radius 3 is 2.46 bits per heavy atom. The van der Waals surface area contributed by atoms with E-state index in [-0.39, 0.29) is 11.9 Å². The van der Waals surface area contributed by atoms with Crippen molar-refractivity contribution in [3.63, 3.8) is 0 Å². The van der Waals surface area contributed by atoms with Crippen LogP contribution in [0.5, 0.6) is 11.5 Å². The summed E-state index contributed by atoms with van der Waals surface area (Å²) in [6.45, 7) is 9.69. The van der Waals surface area contributed by atoms with Crippen LogP contribution >= 0.6 is 0 Å². The van der Waals surface area contributed by atoms with Crippen LogP contribution in [0.4, 0.5) is 0 Å². The Balaban J connectivity index is 1.34. The van der Waals surface area contributed by atoms with Gasteiger partial charge in [0.05, 0.1) is 19.8 Å². The highest BCUT2D eigenvalue weighted by Crippen LogP contribution is 2.29. The topological polar surface area (TPSA) is 80.9 Å². The molecule has 8 nitrogen and oxygen atoms in total. The highest BCUT2D eigenvalue weighted by Gasteiger charge is 2.28. The van der Waals surface area contributed by atoms with Crippen LogP contribution in [-0.2, 0) is 0 Å². The molecule has 8 heteroatoms. The second-order valence-electron chi connectivity index (χ2n) is 9.22. The molecule has 3 aromatic rings. The molecule has 0 spiro atoms. The van der Waals surface area contributed by atoms with Crippen molar-refractivity contribution in [2.24, 2.45) is 5.92 Å². The summed E-state index contributed by atoms with van der Waals surface area (Å²) in [5.74, 6) is 2.98. The monoisotopic (exact) mass is 478 g/mol. The molecule has 1 fully saturated rings. The van der Waals surface area contributed by atoms with Crippen LogP contribution < -0.4 is 9.47 Å². The molecule has 1 saturated heterocycles. The van der Waals surface area contributed by atoms with Gasteiger partial charge in [-0.2, -0.15) is 4.98 Å². The van der Waals surface area contributed by atoms with Gasteiger partial charge in [0.2, 0.25) is 11.7 Å². The lowest BCUT2D eigenvalue weighted by Crippen LogP contribution is -2.49.